The third-order valence-corrected chi connectivity index (χ3v) is 13.0. The quantitative estimate of drug-likeness (QED) is 0.0603. The van der Waals surface area contributed by atoms with E-state index in [1.54, 1.807) is 55.6 Å². The Balaban J connectivity index is 1.02. The fourth-order valence-corrected chi connectivity index (χ4v) is 9.51. The van der Waals surface area contributed by atoms with E-state index < -0.39 is 85.4 Å². The van der Waals surface area contributed by atoms with E-state index in [9.17, 15) is 14.4 Å². The molecule has 1 unspecified atom stereocenters. The number of methoxy groups -OCH3 is 1. The molecule has 3 fully saturated rings. The molecule has 372 valence electrons. The number of nitrogens with zero attached hydrogens (tertiary/aromatic N) is 1. The van der Waals surface area contributed by atoms with Crippen LogP contribution in [0.1, 0.15) is 56.2 Å². The van der Waals surface area contributed by atoms with Crippen molar-refractivity contribution in [1.29, 1.82) is 0 Å². The van der Waals surface area contributed by atoms with Crippen LogP contribution in [-0.4, -0.2) is 104 Å². The van der Waals surface area contributed by atoms with Gasteiger partial charge in [-0.1, -0.05) is 133 Å². The van der Waals surface area contributed by atoms with Crippen molar-refractivity contribution in [2.24, 2.45) is 0 Å². The van der Waals surface area contributed by atoms with Gasteiger partial charge < -0.3 is 52.1 Å². The largest absolute Gasteiger partial charge is 0.497 e. The van der Waals surface area contributed by atoms with Crippen LogP contribution in [-0.2, 0) is 67.2 Å². The second-order valence-electron chi connectivity index (χ2n) is 17.8. The first-order chi connectivity index (χ1) is 35.3. The van der Waals surface area contributed by atoms with Crippen LogP contribution in [0.2, 0.25) is 0 Å². The van der Waals surface area contributed by atoms with Crippen LogP contribution in [0, 0.1) is 0 Å². The van der Waals surface area contributed by atoms with E-state index in [1.807, 2.05) is 121 Å². The Hall–Kier alpha value is -6.79. The predicted molar refractivity (Wildman–Crippen MR) is 258 cm³/mol. The predicted octanol–water partition coefficient (Wildman–Crippen LogP) is 8.01. The number of imide groups is 1. The van der Waals surface area contributed by atoms with E-state index in [-0.39, 0.29) is 44.2 Å². The Labute approximate surface area is 417 Å². The zero-order chi connectivity index (χ0) is 49.4. The standard InChI is InChI=1S/C57H55NO14/c1-36(59)68-50-47(58-53(60)43-25-15-16-26-44(43)54(58)61)56(70-46-35-66-55(72-49(46)50)40-23-13-6-14-24-40)67-34-45-48(63-31-37-17-7-3-8-18-37)51(64-32-38-19-9-4-10-20-38)52(65-33-39-21-11-5-12-22-39)57(71-45)69-42-29-27-41(62-2)28-30-42/h3-30,45-52,55-57H,31-35H2,1-2H3/t45-,46-,47-,48-,49+,50-,51+,52-,55?,56-,57-/m1/s1. The topological polar surface area (TPSA) is 156 Å². The Morgan fingerprint density at radius 3 is 1.62 bits per heavy atom. The van der Waals surface area contributed by atoms with Gasteiger partial charge in [-0.2, -0.15) is 0 Å². The molecule has 0 saturated carbocycles. The van der Waals surface area contributed by atoms with Gasteiger partial charge in [0.1, 0.15) is 54.2 Å². The summed E-state index contributed by atoms with van der Waals surface area (Å²) in [5.41, 5.74) is 3.79. The molecule has 0 N–H and O–H groups in total. The average molecular weight is 978 g/mol. The van der Waals surface area contributed by atoms with Crippen molar-refractivity contribution >= 4 is 17.8 Å². The van der Waals surface area contributed by atoms with Crippen LogP contribution < -0.4 is 9.47 Å². The number of fused-ring (bicyclic) bond motifs is 2. The van der Waals surface area contributed by atoms with Crippen LogP contribution in [0.5, 0.6) is 11.5 Å². The fraction of sp³-hybridized carbons (Fsp3) is 0.316. The summed E-state index contributed by atoms with van der Waals surface area (Å²) < 4.78 is 72.3. The minimum absolute atomic E-state index is 0.00691. The van der Waals surface area contributed by atoms with Crippen LogP contribution in [0.3, 0.4) is 0 Å². The normalized spacial score (nSPS) is 26.9. The van der Waals surface area contributed by atoms with E-state index in [1.165, 1.54) is 6.92 Å². The van der Waals surface area contributed by atoms with Crippen molar-refractivity contribution in [3.05, 3.63) is 203 Å². The molecule has 3 saturated heterocycles. The number of rotatable bonds is 18. The summed E-state index contributed by atoms with van der Waals surface area (Å²) in [6, 6.07) is 50.7. The summed E-state index contributed by atoms with van der Waals surface area (Å²) in [6.07, 6.45) is -10.2. The van der Waals surface area contributed by atoms with Crippen LogP contribution in [0.15, 0.2) is 170 Å². The molecule has 4 aliphatic rings. The van der Waals surface area contributed by atoms with Crippen LogP contribution in [0.25, 0.3) is 0 Å². The second-order valence-corrected chi connectivity index (χ2v) is 17.8. The highest BCUT2D eigenvalue weighted by Gasteiger charge is 2.59. The van der Waals surface area contributed by atoms with Crippen LogP contribution in [0.4, 0.5) is 0 Å². The molecular weight excluding hydrogens is 923 g/mol. The van der Waals surface area contributed by atoms with E-state index in [0.717, 1.165) is 21.6 Å². The second kappa shape index (κ2) is 22.7. The van der Waals surface area contributed by atoms with Crippen molar-refractivity contribution in [3.8, 4) is 11.5 Å². The lowest BCUT2D eigenvalue weighted by Gasteiger charge is -2.51. The van der Waals surface area contributed by atoms with Crippen LogP contribution >= 0.6 is 0 Å². The highest BCUT2D eigenvalue weighted by molar-refractivity contribution is 6.21. The smallest absolute Gasteiger partial charge is 0.303 e. The minimum atomic E-state index is -1.42. The monoisotopic (exact) mass is 977 g/mol. The summed E-state index contributed by atoms with van der Waals surface area (Å²) in [5, 5.41) is 0. The molecule has 4 aliphatic heterocycles. The van der Waals surface area contributed by atoms with Crippen molar-refractivity contribution < 1.29 is 66.5 Å². The summed E-state index contributed by atoms with van der Waals surface area (Å²) in [7, 11) is 1.59. The molecular formula is C57H55NO14. The van der Waals surface area contributed by atoms with E-state index in [2.05, 4.69) is 0 Å². The summed E-state index contributed by atoms with van der Waals surface area (Å²) in [5.74, 6) is -0.803. The van der Waals surface area contributed by atoms with Gasteiger partial charge in [0.2, 0.25) is 6.29 Å². The lowest BCUT2D eigenvalue weighted by molar-refractivity contribution is -0.358. The van der Waals surface area contributed by atoms with Gasteiger partial charge in [0.25, 0.3) is 11.8 Å². The summed E-state index contributed by atoms with van der Waals surface area (Å²) in [4.78, 5) is 43.2. The van der Waals surface area contributed by atoms with Gasteiger partial charge in [-0.05, 0) is 53.1 Å². The number of benzene rings is 6. The molecule has 72 heavy (non-hydrogen) atoms. The third kappa shape index (κ3) is 11.0. The van der Waals surface area contributed by atoms with Crippen molar-refractivity contribution in [2.45, 2.75) is 94.4 Å². The average Bonchev–Trinajstić information content (AvgIpc) is 3.67. The van der Waals surface area contributed by atoms with Gasteiger partial charge in [0.05, 0.1) is 51.3 Å². The number of carbonyl (C=O) groups is 3. The zero-order valence-corrected chi connectivity index (χ0v) is 39.7. The fourth-order valence-electron chi connectivity index (χ4n) is 9.51. The molecule has 10 rings (SSSR count). The number of ether oxygens (including phenoxy) is 11. The number of amides is 2. The van der Waals surface area contributed by atoms with Gasteiger partial charge in [0.15, 0.2) is 18.7 Å². The highest BCUT2D eigenvalue weighted by atomic mass is 16.8. The first-order valence-electron chi connectivity index (χ1n) is 24.0. The molecule has 2 amide bonds. The van der Waals surface area contributed by atoms with Crippen molar-refractivity contribution in [1.82, 2.24) is 4.90 Å². The third-order valence-electron chi connectivity index (χ3n) is 13.0. The molecule has 15 heteroatoms. The van der Waals surface area contributed by atoms with E-state index in [0.29, 0.717) is 17.1 Å². The molecule has 11 atom stereocenters. The number of hydrogen-bond donors (Lipinski definition) is 0. The molecule has 0 bridgehead atoms. The Kier molecular flexibility index (Phi) is 15.4. The lowest BCUT2D eigenvalue weighted by Crippen LogP contribution is -2.69. The zero-order valence-electron chi connectivity index (χ0n) is 39.7. The minimum Gasteiger partial charge on any atom is -0.497 e. The maximum atomic E-state index is 14.5. The van der Waals surface area contributed by atoms with Crippen molar-refractivity contribution in [3.63, 3.8) is 0 Å². The molecule has 6 aromatic carbocycles. The Morgan fingerprint density at radius 1 is 0.556 bits per heavy atom. The number of esters is 1. The van der Waals surface area contributed by atoms with Crippen molar-refractivity contribution in [2.75, 3.05) is 20.3 Å². The van der Waals surface area contributed by atoms with E-state index >= 15 is 0 Å². The number of hydrogen-bond acceptors (Lipinski definition) is 14. The maximum Gasteiger partial charge on any atom is 0.303 e. The molecule has 0 aromatic heterocycles. The lowest BCUT2D eigenvalue weighted by atomic mass is 9.93. The molecule has 15 nitrogen and oxygen atoms in total. The van der Waals surface area contributed by atoms with Gasteiger partial charge in [-0.3, -0.25) is 19.3 Å². The van der Waals surface area contributed by atoms with E-state index in [4.69, 9.17) is 52.1 Å². The molecule has 0 spiro atoms. The van der Waals surface area contributed by atoms with Gasteiger partial charge >= 0.3 is 5.97 Å². The Bertz CT molecular complexity index is 2700. The first kappa shape index (κ1) is 48.8. The molecule has 0 radical (unpaired) electrons. The number of carbonyl (C=O) groups excluding carboxylic acids is 3. The SMILES string of the molecule is COc1ccc(O[C@@H]2O[C@H](CO[C@@H]3O[C@@H]4COC(c5ccccc5)O[C@@H]4[C@H](OC(C)=O)[C@H]3N3C(=O)c4ccccc4C3=O)[C@@H](OCc3ccccc3)[C@H](OCc3ccccc3)[C@H]2OCc2ccccc2)cc1. The summed E-state index contributed by atoms with van der Waals surface area (Å²) in [6.45, 7) is 1.48. The molecule has 6 aromatic rings. The highest BCUT2D eigenvalue weighted by Crippen LogP contribution is 2.41. The maximum absolute atomic E-state index is 14.5. The Morgan fingerprint density at radius 2 is 1.07 bits per heavy atom. The van der Waals surface area contributed by atoms with Gasteiger partial charge in [-0.25, -0.2) is 0 Å². The summed E-state index contributed by atoms with van der Waals surface area (Å²) >= 11 is 0. The molecule has 4 heterocycles. The van der Waals surface area contributed by atoms with Gasteiger partial charge in [0, 0.05) is 12.5 Å². The first-order valence-corrected chi connectivity index (χ1v) is 24.0. The molecule has 0 aliphatic carbocycles. The van der Waals surface area contributed by atoms with Gasteiger partial charge in [-0.15, -0.1) is 0 Å².